The second-order valence-electron chi connectivity index (χ2n) is 8.49. The molecule has 0 atom stereocenters. The number of fused-ring (bicyclic) bond motifs is 1. The normalized spacial score (nSPS) is 12.6. The van der Waals surface area contributed by atoms with Crippen molar-refractivity contribution < 1.29 is 4.39 Å². The van der Waals surface area contributed by atoms with Gasteiger partial charge in [0.05, 0.1) is 16.6 Å². The largest absolute Gasteiger partial charge is 0.359 e. The molecule has 1 aromatic carbocycles. The van der Waals surface area contributed by atoms with Gasteiger partial charge >= 0.3 is 0 Å². The number of halogens is 1. The molecule has 2 aromatic heterocycles. The second-order valence-corrected chi connectivity index (χ2v) is 8.49. The summed E-state index contributed by atoms with van der Waals surface area (Å²) < 4.78 is 15.9. The molecule has 5 nitrogen and oxygen atoms in total. The second kappa shape index (κ2) is 10.8. The van der Waals surface area contributed by atoms with Gasteiger partial charge in [0.2, 0.25) is 0 Å². The molecule has 3 N–H and O–H groups in total. The Morgan fingerprint density at radius 2 is 2.03 bits per heavy atom. The molecular formula is C28H32FN5. The van der Waals surface area contributed by atoms with E-state index in [0.29, 0.717) is 33.9 Å². The van der Waals surface area contributed by atoms with Gasteiger partial charge in [0, 0.05) is 22.7 Å². The van der Waals surface area contributed by atoms with E-state index in [0.717, 1.165) is 34.8 Å². The summed E-state index contributed by atoms with van der Waals surface area (Å²) in [5, 5.41) is 10.9. The third kappa shape index (κ3) is 5.34. The van der Waals surface area contributed by atoms with Gasteiger partial charge in [0.15, 0.2) is 5.82 Å². The van der Waals surface area contributed by atoms with Gasteiger partial charge in [0.25, 0.3) is 0 Å². The van der Waals surface area contributed by atoms with E-state index in [-0.39, 0.29) is 5.82 Å². The number of rotatable bonds is 10. The summed E-state index contributed by atoms with van der Waals surface area (Å²) in [6, 6.07) is 3.58. The monoisotopic (exact) mass is 457 g/mol. The van der Waals surface area contributed by atoms with Crippen LogP contribution >= 0.6 is 0 Å². The SMILES string of the molecule is C=C/C=C\c1nc(-c2n[nH]c3ccc(C(/C=C(\C=C)NC(=C)CC(C)C)=C/C)c(F)c23)[nH]c1C. The van der Waals surface area contributed by atoms with Gasteiger partial charge in [-0.3, -0.25) is 5.10 Å². The van der Waals surface area contributed by atoms with Gasteiger partial charge in [-0.05, 0) is 62.1 Å². The van der Waals surface area contributed by atoms with Gasteiger partial charge in [-0.2, -0.15) is 5.10 Å². The number of nitrogens with one attached hydrogen (secondary N) is 3. The molecule has 2 heterocycles. The van der Waals surface area contributed by atoms with E-state index in [1.807, 2.05) is 38.1 Å². The minimum Gasteiger partial charge on any atom is -0.359 e. The topological polar surface area (TPSA) is 69.4 Å². The summed E-state index contributed by atoms with van der Waals surface area (Å²) in [5.74, 6) is 0.608. The molecule has 176 valence electrons. The third-order valence-corrected chi connectivity index (χ3v) is 5.33. The van der Waals surface area contributed by atoms with Crippen LogP contribution in [0.5, 0.6) is 0 Å². The molecule has 0 unspecified atom stereocenters. The number of nitrogens with zero attached hydrogens (tertiary/aromatic N) is 2. The van der Waals surface area contributed by atoms with Crippen LogP contribution in [0, 0.1) is 18.7 Å². The van der Waals surface area contributed by atoms with Crippen molar-refractivity contribution in [1.29, 1.82) is 0 Å². The molecule has 0 fully saturated rings. The first-order valence-corrected chi connectivity index (χ1v) is 11.3. The van der Waals surface area contributed by atoms with Crippen LogP contribution < -0.4 is 5.32 Å². The van der Waals surface area contributed by atoms with Crippen molar-refractivity contribution in [2.45, 2.75) is 34.1 Å². The zero-order chi connectivity index (χ0) is 24.8. The van der Waals surface area contributed by atoms with Crippen LogP contribution in [0.15, 0.2) is 73.6 Å². The molecule has 0 saturated carbocycles. The summed E-state index contributed by atoms with van der Waals surface area (Å²) in [6.07, 6.45) is 11.6. The zero-order valence-corrected chi connectivity index (χ0v) is 20.3. The molecule has 0 bridgehead atoms. The van der Waals surface area contributed by atoms with E-state index in [1.54, 1.807) is 24.3 Å². The Bertz CT molecular complexity index is 1310. The highest BCUT2D eigenvalue weighted by molar-refractivity contribution is 5.95. The molecule has 6 heteroatoms. The fourth-order valence-corrected chi connectivity index (χ4v) is 3.75. The van der Waals surface area contributed by atoms with Crippen molar-refractivity contribution >= 4 is 22.6 Å². The minimum absolute atomic E-state index is 0.368. The molecule has 0 aliphatic carbocycles. The Morgan fingerprint density at radius 3 is 2.68 bits per heavy atom. The van der Waals surface area contributed by atoms with E-state index < -0.39 is 0 Å². The van der Waals surface area contributed by atoms with E-state index in [4.69, 9.17) is 0 Å². The fraction of sp³-hybridized carbons (Fsp3) is 0.214. The van der Waals surface area contributed by atoms with Crippen molar-refractivity contribution in [3.63, 3.8) is 0 Å². The average molecular weight is 458 g/mol. The maximum atomic E-state index is 15.9. The van der Waals surface area contributed by atoms with Crippen LogP contribution in [0.3, 0.4) is 0 Å². The number of hydrogen-bond acceptors (Lipinski definition) is 3. The fourth-order valence-electron chi connectivity index (χ4n) is 3.75. The number of aryl methyl sites for hydroxylation is 1. The lowest BCUT2D eigenvalue weighted by atomic mass is 10.0. The summed E-state index contributed by atoms with van der Waals surface area (Å²) in [5.41, 5.74) is 5.47. The summed E-state index contributed by atoms with van der Waals surface area (Å²) in [7, 11) is 0. The standard InChI is InChI=1S/C28H32FN5/c1-8-11-12-23-19(7)31-28(32-23)27-25-24(33-34-27)14-13-22(26(25)29)20(9-2)16-21(10-3)30-18(6)15-17(4)5/h8-14,16-17,30H,1,3,6,15H2,2,4-5,7H3,(H,31,32)(H,33,34)/b12-11-,20-9+,21-16+. The number of benzene rings is 1. The Labute approximate surface area is 200 Å². The van der Waals surface area contributed by atoms with Crippen molar-refractivity contribution in [3.8, 4) is 11.5 Å². The first-order chi connectivity index (χ1) is 16.3. The summed E-state index contributed by atoms with van der Waals surface area (Å²) in [4.78, 5) is 7.81. The van der Waals surface area contributed by atoms with Gasteiger partial charge in [-0.1, -0.05) is 51.8 Å². The van der Waals surface area contributed by atoms with E-state index >= 15 is 4.39 Å². The molecule has 3 aromatic rings. The first-order valence-electron chi connectivity index (χ1n) is 11.3. The lowest BCUT2D eigenvalue weighted by molar-refractivity contribution is 0.622. The van der Waals surface area contributed by atoms with Gasteiger partial charge < -0.3 is 10.3 Å². The number of hydrogen-bond donors (Lipinski definition) is 3. The van der Waals surface area contributed by atoms with Crippen molar-refractivity contribution in [1.82, 2.24) is 25.5 Å². The molecule has 0 spiro atoms. The van der Waals surface area contributed by atoms with E-state index in [1.165, 1.54) is 0 Å². The zero-order valence-electron chi connectivity index (χ0n) is 20.3. The molecule has 0 aliphatic heterocycles. The Balaban J connectivity index is 2.05. The minimum atomic E-state index is -0.368. The Kier molecular flexibility index (Phi) is 7.84. The first kappa shape index (κ1) is 24.7. The van der Waals surface area contributed by atoms with Gasteiger partial charge in [0.1, 0.15) is 11.5 Å². The smallest absolute Gasteiger partial charge is 0.159 e. The van der Waals surface area contributed by atoms with Crippen LogP contribution in [0.1, 0.15) is 44.1 Å². The maximum absolute atomic E-state index is 15.9. The van der Waals surface area contributed by atoms with Crippen molar-refractivity contribution in [2.24, 2.45) is 5.92 Å². The molecule has 0 amide bonds. The molecule has 0 radical (unpaired) electrons. The number of aromatic amines is 2. The van der Waals surface area contributed by atoms with Gasteiger partial charge in [-0.15, -0.1) is 0 Å². The molecule has 0 aliphatic rings. The number of aromatic nitrogens is 4. The van der Waals surface area contributed by atoms with Crippen LogP contribution in [0.2, 0.25) is 0 Å². The lowest BCUT2D eigenvalue weighted by Crippen LogP contribution is -2.12. The molecule has 0 saturated heterocycles. The predicted octanol–water partition coefficient (Wildman–Crippen LogP) is 7.22. The Morgan fingerprint density at radius 1 is 1.26 bits per heavy atom. The van der Waals surface area contributed by atoms with Crippen LogP contribution in [-0.2, 0) is 0 Å². The van der Waals surface area contributed by atoms with Crippen molar-refractivity contribution in [3.05, 3.63) is 96.4 Å². The van der Waals surface area contributed by atoms with E-state index in [2.05, 4.69) is 59.1 Å². The molecule has 3 rings (SSSR count). The van der Waals surface area contributed by atoms with E-state index in [9.17, 15) is 0 Å². The third-order valence-electron chi connectivity index (χ3n) is 5.33. The van der Waals surface area contributed by atoms with Crippen LogP contribution in [0.4, 0.5) is 4.39 Å². The van der Waals surface area contributed by atoms with Gasteiger partial charge in [-0.25, -0.2) is 9.37 Å². The quantitative estimate of drug-likeness (QED) is 0.281. The Hall–Kier alpha value is -3.93. The number of H-pyrrole nitrogens is 2. The highest BCUT2D eigenvalue weighted by Crippen LogP contribution is 2.32. The number of imidazole rings is 1. The lowest BCUT2D eigenvalue weighted by Gasteiger charge is -2.14. The number of allylic oxidation sites excluding steroid dienone is 7. The average Bonchev–Trinajstić information content (AvgIpc) is 3.39. The predicted molar refractivity (Wildman–Crippen MR) is 141 cm³/mol. The van der Waals surface area contributed by atoms with Crippen LogP contribution in [0.25, 0.3) is 34.1 Å². The summed E-state index contributed by atoms with van der Waals surface area (Å²) >= 11 is 0. The summed E-state index contributed by atoms with van der Waals surface area (Å²) in [6.45, 7) is 19.7. The molecule has 34 heavy (non-hydrogen) atoms. The maximum Gasteiger partial charge on any atom is 0.159 e. The van der Waals surface area contributed by atoms with Crippen LogP contribution in [-0.4, -0.2) is 20.2 Å². The molecular weight excluding hydrogens is 425 g/mol. The highest BCUT2D eigenvalue weighted by atomic mass is 19.1. The van der Waals surface area contributed by atoms with Crippen molar-refractivity contribution in [2.75, 3.05) is 0 Å². The highest BCUT2D eigenvalue weighted by Gasteiger charge is 2.20.